The predicted molar refractivity (Wildman–Crippen MR) is 127 cm³/mol. The van der Waals surface area contributed by atoms with Crippen molar-refractivity contribution in [3.63, 3.8) is 0 Å². The van der Waals surface area contributed by atoms with Crippen LogP contribution >= 0.6 is 11.3 Å². The Labute approximate surface area is 192 Å². The number of amides is 1. The molecule has 1 aliphatic carbocycles. The second kappa shape index (κ2) is 8.77. The Kier molecular flexibility index (Phi) is 5.84. The van der Waals surface area contributed by atoms with E-state index in [4.69, 9.17) is 9.97 Å². The van der Waals surface area contributed by atoms with Gasteiger partial charge in [-0.25, -0.2) is 14.4 Å². The van der Waals surface area contributed by atoms with Gasteiger partial charge >= 0.3 is 0 Å². The molecule has 1 aromatic carbocycles. The highest BCUT2D eigenvalue weighted by Crippen LogP contribution is 2.40. The maximum atomic E-state index is 14.1. The Hall–Kier alpha value is -2.54. The smallest absolute Gasteiger partial charge is 0.256 e. The van der Waals surface area contributed by atoms with Crippen molar-refractivity contribution in [2.75, 3.05) is 31.1 Å². The number of rotatable bonds is 3. The molecule has 0 radical (unpaired) electrons. The zero-order valence-electron chi connectivity index (χ0n) is 18.7. The molecule has 0 unspecified atom stereocenters. The van der Waals surface area contributed by atoms with Gasteiger partial charge in [0.2, 0.25) is 0 Å². The molecule has 1 aliphatic heterocycles. The third-order valence-electron chi connectivity index (χ3n) is 6.55. The van der Waals surface area contributed by atoms with Gasteiger partial charge in [-0.2, -0.15) is 0 Å². The topological polar surface area (TPSA) is 49.3 Å². The van der Waals surface area contributed by atoms with Gasteiger partial charge in [-0.1, -0.05) is 32.4 Å². The maximum Gasteiger partial charge on any atom is 0.256 e. The number of anilines is 1. The molecule has 0 spiro atoms. The molecule has 1 fully saturated rings. The average molecular weight is 453 g/mol. The molecule has 2 aliphatic rings. The van der Waals surface area contributed by atoms with E-state index < -0.39 is 5.82 Å². The first-order chi connectivity index (χ1) is 15.5. The Morgan fingerprint density at radius 3 is 2.53 bits per heavy atom. The lowest BCUT2D eigenvalue weighted by Gasteiger charge is -2.36. The molecule has 1 saturated heterocycles. The largest absolute Gasteiger partial charge is 0.352 e. The average Bonchev–Trinajstić information content (AvgIpc) is 2.99. The van der Waals surface area contributed by atoms with Crippen molar-refractivity contribution in [2.24, 2.45) is 0 Å². The van der Waals surface area contributed by atoms with E-state index in [1.165, 1.54) is 41.2 Å². The molecule has 5 nitrogen and oxygen atoms in total. The van der Waals surface area contributed by atoms with Crippen LogP contribution in [0.4, 0.5) is 10.2 Å². The molecule has 168 valence electrons. The summed E-state index contributed by atoms with van der Waals surface area (Å²) < 4.78 is 14.1. The second-order valence-corrected chi connectivity index (χ2v) is 10.1. The molecular formula is C25H29FN4OS. The number of nitrogens with zero attached hydrogens (tertiary/aromatic N) is 4. The van der Waals surface area contributed by atoms with Gasteiger partial charge in [0.05, 0.1) is 10.9 Å². The lowest BCUT2D eigenvalue weighted by Crippen LogP contribution is -2.49. The highest BCUT2D eigenvalue weighted by molar-refractivity contribution is 7.19. The minimum atomic E-state index is -0.458. The van der Waals surface area contributed by atoms with Crippen molar-refractivity contribution in [1.29, 1.82) is 0 Å². The van der Waals surface area contributed by atoms with Gasteiger partial charge in [-0.15, -0.1) is 11.3 Å². The number of hydrogen-bond donors (Lipinski definition) is 0. The van der Waals surface area contributed by atoms with E-state index in [9.17, 15) is 9.18 Å². The van der Waals surface area contributed by atoms with Crippen molar-refractivity contribution in [2.45, 2.75) is 51.9 Å². The molecule has 5 rings (SSSR count). The van der Waals surface area contributed by atoms with E-state index in [-0.39, 0.29) is 17.4 Å². The fraction of sp³-hybridized carbons (Fsp3) is 0.480. The molecule has 0 saturated carbocycles. The van der Waals surface area contributed by atoms with Gasteiger partial charge in [-0.05, 0) is 43.4 Å². The van der Waals surface area contributed by atoms with Gasteiger partial charge < -0.3 is 9.80 Å². The Bertz CT molecular complexity index is 1150. The third-order valence-corrected chi connectivity index (χ3v) is 7.74. The number of aromatic nitrogens is 2. The van der Waals surface area contributed by atoms with Crippen LogP contribution in [-0.2, 0) is 12.8 Å². The summed E-state index contributed by atoms with van der Waals surface area (Å²) in [7, 11) is 0. The van der Waals surface area contributed by atoms with Crippen LogP contribution in [0.1, 0.15) is 65.7 Å². The molecule has 0 bridgehead atoms. The van der Waals surface area contributed by atoms with E-state index in [0.29, 0.717) is 26.2 Å². The van der Waals surface area contributed by atoms with Crippen molar-refractivity contribution in [3.05, 3.63) is 51.9 Å². The lowest BCUT2D eigenvalue weighted by atomic mass is 10.1. The normalized spacial score (nSPS) is 17.0. The van der Waals surface area contributed by atoms with Crippen LogP contribution in [0.2, 0.25) is 0 Å². The zero-order chi connectivity index (χ0) is 22.2. The summed E-state index contributed by atoms with van der Waals surface area (Å²) in [6.45, 7) is 6.76. The maximum absolute atomic E-state index is 14.1. The van der Waals surface area contributed by atoms with E-state index in [0.717, 1.165) is 29.3 Å². The summed E-state index contributed by atoms with van der Waals surface area (Å²) in [5, 5.41) is 1.23. The first-order valence-electron chi connectivity index (χ1n) is 11.6. The van der Waals surface area contributed by atoms with Crippen LogP contribution < -0.4 is 4.90 Å². The lowest BCUT2D eigenvalue weighted by molar-refractivity contribution is 0.0742. The number of carbonyl (C=O) groups excluding carboxylic acids is 1. The molecule has 7 heteroatoms. The van der Waals surface area contributed by atoms with Crippen LogP contribution in [0, 0.1) is 5.82 Å². The fourth-order valence-electron chi connectivity index (χ4n) is 4.74. The Morgan fingerprint density at radius 2 is 1.78 bits per heavy atom. The number of piperazine rings is 1. The van der Waals surface area contributed by atoms with Crippen molar-refractivity contribution < 1.29 is 9.18 Å². The van der Waals surface area contributed by atoms with E-state index in [1.807, 2.05) is 11.3 Å². The van der Waals surface area contributed by atoms with Crippen LogP contribution in [-0.4, -0.2) is 47.0 Å². The first-order valence-corrected chi connectivity index (χ1v) is 12.5. The van der Waals surface area contributed by atoms with Gasteiger partial charge in [-0.3, -0.25) is 4.79 Å². The van der Waals surface area contributed by atoms with Crippen LogP contribution in [0.5, 0.6) is 0 Å². The van der Waals surface area contributed by atoms with Crippen LogP contribution in [0.3, 0.4) is 0 Å². The fourth-order valence-corrected chi connectivity index (χ4v) is 6.01. The Balaban J connectivity index is 1.45. The summed E-state index contributed by atoms with van der Waals surface area (Å²) >= 11 is 1.84. The van der Waals surface area contributed by atoms with Crippen LogP contribution in [0.15, 0.2) is 24.3 Å². The van der Waals surface area contributed by atoms with Crippen molar-refractivity contribution in [3.8, 4) is 0 Å². The first kappa shape index (κ1) is 21.3. The zero-order valence-corrected chi connectivity index (χ0v) is 19.6. The van der Waals surface area contributed by atoms with Gasteiger partial charge in [0, 0.05) is 37.0 Å². The number of benzene rings is 1. The predicted octanol–water partition coefficient (Wildman–Crippen LogP) is 5.19. The van der Waals surface area contributed by atoms with Gasteiger partial charge in [0.15, 0.2) is 0 Å². The SMILES string of the molecule is CC(C)c1nc(N2CCN(C(=O)c3ccccc3F)CC2)c2c3c(sc2n1)CCCCC3. The highest BCUT2D eigenvalue weighted by Gasteiger charge is 2.28. The number of thiophene rings is 1. The summed E-state index contributed by atoms with van der Waals surface area (Å²) in [6, 6.07) is 6.23. The number of aryl methyl sites for hydroxylation is 2. The van der Waals surface area contributed by atoms with Crippen molar-refractivity contribution >= 4 is 33.3 Å². The highest BCUT2D eigenvalue weighted by atomic mass is 32.1. The summed E-state index contributed by atoms with van der Waals surface area (Å²) in [4.78, 5) is 29.5. The molecule has 0 atom stereocenters. The Morgan fingerprint density at radius 1 is 1.03 bits per heavy atom. The molecule has 3 heterocycles. The molecule has 2 aromatic heterocycles. The monoisotopic (exact) mass is 452 g/mol. The molecule has 3 aromatic rings. The van der Waals surface area contributed by atoms with Gasteiger partial charge in [0.1, 0.15) is 22.3 Å². The number of halogens is 1. The number of fused-ring (bicyclic) bond motifs is 3. The standard InChI is InChI=1S/C25H29FN4OS/c1-16(2)22-27-23(21-18-9-4-3-5-11-20(18)32-24(21)28-22)29-12-14-30(15-13-29)25(31)17-8-6-7-10-19(17)26/h6-8,10,16H,3-5,9,11-15H2,1-2H3. The van der Waals surface area contributed by atoms with E-state index in [1.54, 1.807) is 23.1 Å². The third kappa shape index (κ3) is 3.87. The second-order valence-electron chi connectivity index (χ2n) is 9.06. The minimum absolute atomic E-state index is 0.149. The quantitative estimate of drug-likeness (QED) is 0.514. The van der Waals surface area contributed by atoms with Crippen LogP contribution in [0.25, 0.3) is 10.2 Å². The summed E-state index contributed by atoms with van der Waals surface area (Å²) in [5.74, 6) is 1.47. The molecule has 0 N–H and O–H groups in total. The minimum Gasteiger partial charge on any atom is -0.352 e. The molecule has 1 amide bonds. The summed E-state index contributed by atoms with van der Waals surface area (Å²) in [6.07, 6.45) is 5.97. The van der Waals surface area contributed by atoms with E-state index in [2.05, 4.69) is 18.7 Å². The van der Waals surface area contributed by atoms with Gasteiger partial charge in [0.25, 0.3) is 5.91 Å². The molecular weight excluding hydrogens is 423 g/mol. The summed E-state index contributed by atoms with van der Waals surface area (Å²) in [5.41, 5.74) is 1.59. The number of carbonyl (C=O) groups is 1. The number of hydrogen-bond acceptors (Lipinski definition) is 5. The van der Waals surface area contributed by atoms with Crippen molar-refractivity contribution in [1.82, 2.24) is 14.9 Å². The molecule has 32 heavy (non-hydrogen) atoms. The van der Waals surface area contributed by atoms with E-state index >= 15 is 0 Å².